The molecule has 2 aromatic rings. The van der Waals surface area contributed by atoms with Crippen molar-refractivity contribution in [1.82, 2.24) is 15.0 Å². The highest BCUT2D eigenvalue weighted by Gasteiger charge is 2.26. The summed E-state index contributed by atoms with van der Waals surface area (Å²) in [6.07, 6.45) is 3.64. The van der Waals surface area contributed by atoms with Gasteiger partial charge in [0.1, 0.15) is 5.69 Å². The van der Waals surface area contributed by atoms with E-state index in [4.69, 9.17) is 5.73 Å². The van der Waals surface area contributed by atoms with Gasteiger partial charge in [-0.2, -0.15) is 4.68 Å². The summed E-state index contributed by atoms with van der Waals surface area (Å²) in [7, 11) is 0. The fourth-order valence-corrected chi connectivity index (χ4v) is 2.46. The summed E-state index contributed by atoms with van der Waals surface area (Å²) in [5.41, 5.74) is 8.01. The molecule has 0 unspecified atom stereocenters. The van der Waals surface area contributed by atoms with Crippen LogP contribution >= 0.6 is 15.9 Å². The highest BCUT2D eigenvalue weighted by molar-refractivity contribution is 9.10. The van der Waals surface area contributed by atoms with Gasteiger partial charge in [-0.25, -0.2) is 0 Å². The van der Waals surface area contributed by atoms with Gasteiger partial charge >= 0.3 is 0 Å². The largest absolute Gasteiger partial charge is 0.382 e. The zero-order valence-corrected chi connectivity index (χ0v) is 10.9. The molecule has 1 saturated carbocycles. The molecule has 2 N–H and O–H groups in total. The molecule has 1 fully saturated rings. The molecule has 1 aliphatic rings. The highest BCUT2D eigenvalue weighted by Crippen LogP contribution is 2.38. The van der Waals surface area contributed by atoms with E-state index in [9.17, 15) is 0 Å². The Morgan fingerprint density at radius 3 is 2.82 bits per heavy atom. The molecule has 17 heavy (non-hydrogen) atoms. The summed E-state index contributed by atoms with van der Waals surface area (Å²) >= 11 is 3.44. The number of benzene rings is 1. The Labute approximate surface area is 108 Å². The first-order valence-corrected chi connectivity index (χ1v) is 6.52. The summed E-state index contributed by atoms with van der Waals surface area (Å²) in [5, 5.41) is 8.37. The number of halogens is 1. The normalized spacial score (nSPS) is 15.8. The van der Waals surface area contributed by atoms with Crippen LogP contribution in [0.1, 0.15) is 30.9 Å². The Morgan fingerprint density at radius 1 is 1.35 bits per heavy atom. The van der Waals surface area contributed by atoms with E-state index >= 15 is 0 Å². The summed E-state index contributed by atoms with van der Waals surface area (Å²) in [5.74, 6) is 1.18. The van der Waals surface area contributed by atoms with Crippen LogP contribution < -0.4 is 5.73 Å². The van der Waals surface area contributed by atoms with E-state index < -0.39 is 0 Å². The van der Waals surface area contributed by atoms with Crippen molar-refractivity contribution in [2.24, 2.45) is 0 Å². The van der Waals surface area contributed by atoms with Crippen molar-refractivity contribution < 1.29 is 0 Å². The van der Waals surface area contributed by atoms with Gasteiger partial charge in [-0.3, -0.25) is 0 Å². The van der Waals surface area contributed by atoms with E-state index in [1.807, 2.05) is 24.3 Å². The number of hydrogen-bond donors (Lipinski definition) is 1. The lowest BCUT2D eigenvalue weighted by Crippen LogP contribution is -2.12. The molecule has 1 aromatic heterocycles. The lowest BCUT2D eigenvalue weighted by Gasteiger charge is -2.23. The number of hydrogen-bond acceptors (Lipinski definition) is 3. The standard InChI is InChI=1S/C12H13BrN4/c13-9-5-2-6-10(7-9)17-12(14)11(15-16-17)8-3-1-4-8/h2,5-8H,1,3-4,14H2. The fraction of sp³-hybridized carbons (Fsp3) is 0.333. The minimum absolute atomic E-state index is 0.510. The van der Waals surface area contributed by atoms with E-state index in [-0.39, 0.29) is 0 Å². The van der Waals surface area contributed by atoms with E-state index in [0.29, 0.717) is 11.7 Å². The first-order valence-electron chi connectivity index (χ1n) is 5.73. The maximum Gasteiger partial charge on any atom is 0.151 e. The zero-order valence-electron chi connectivity index (χ0n) is 9.31. The lowest BCUT2D eigenvalue weighted by molar-refractivity contribution is 0.411. The van der Waals surface area contributed by atoms with Crippen molar-refractivity contribution in [3.05, 3.63) is 34.4 Å². The molecule has 0 radical (unpaired) electrons. The van der Waals surface area contributed by atoms with Crippen molar-refractivity contribution in [3.8, 4) is 5.69 Å². The Kier molecular flexibility index (Phi) is 2.63. The summed E-state index contributed by atoms with van der Waals surface area (Å²) < 4.78 is 2.72. The molecule has 3 rings (SSSR count). The van der Waals surface area contributed by atoms with Crippen LogP contribution in [0.2, 0.25) is 0 Å². The highest BCUT2D eigenvalue weighted by atomic mass is 79.9. The molecule has 0 saturated heterocycles. The monoisotopic (exact) mass is 292 g/mol. The molecule has 0 spiro atoms. The summed E-state index contributed by atoms with van der Waals surface area (Å²) in [6, 6.07) is 7.89. The van der Waals surface area contributed by atoms with Crippen LogP contribution in [0.15, 0.2) is 28.7 Å². The molecule has 0 amide bonds. The van der Waals surface area contributed by atoms with Crippen LogP contribution in [0, 0.1) is 0 Å². The number of rotatable bonds is 2. The van der Waals surface area contributed by atoms with E-state index in [1.165, 1.54) is 19.3 Å². The number of nitrogens with two attached hydrogens (primary N) is 1. The number of aromatic nitrogens is 3. The second-order valence-corrected chi connectivity index (χ2v) is 5.30. The predicted octanol–water partition coefficient (Wildman–Crippen LogP) is 2.88. The van der Waals surface area contributed by atoms with Crippen molar-refractivity contribution >= 4 is 21.7 Å². The van der Waals surface area contributed by atoms with Crippen LogP contribution in [0.4, 0.5) is 5.82 Å². The van der Waals surface area contributed by atoms with Crippen LogP contribution in [-0.2, 0) is 0 Å². The minimum Gasteiger partial charge on any atom is -0.382 e. The third-order valence-corrected chi connectivity index (χ3v) is 3.77. The molecule has 0 atom stereocenters. The van der Waals surface area contributed by atoms with E-state index in [2.05, 4.69) is 26.2 Å². The van der Waals surface area contributed by atoms with Gasteiger partial charge in [0, 0.05) is 10.4 Å². The van der Waals surface area contributed by atoms with Crippen molar-refractivity contribution in [1.29, 1.82) is 0 Å². The first kappa shape index (κ1) is 10.8. The molecule has 88 valence electrons. The minimum atomic E-state index is 0.510. The third-order valence-electron chi connectivity index (χ3n) is 3.28. The average Bonchev–Trinajstić information content (AvgIpc) is 2.59. The summed E-state index contributed by atoms with van der Waals surface area (Å²) in [6.45, 7) is 0. The van der Waals surface area contributed by atoms with Gasteiger partial charge in [0.2, 0.25) is 0 Å². The Balaban J connectivity index is 2.00. The van der Waals surface area contributed by atoms with Crippen molar-refractivity contribution in [3.63, 3.8) is 0 Å². The first-order chi connectivity index (χ1) is 8.25. The van der Waals surface area contributed by atoms with Gasteiger partial charge in [0.05, 0.1) is 5.69 Å². The van der Waals surface area contributed by atoms with Gasteiger partial charge in [-0.05, 0) is 31.0 Å². The molecule has 0 aliphatic heterocycles. The van der Waals surface area contributed by atoms with Gasteiger partial charge in [0.15, 0.2) is 5.82 Å². The number of anilines is 1. The van der Waals surface area contributed by atoms with Crippen LogP contribution in [0.25, 0.3) is 5.69 Å². The smallest absolute Gasteiger partial charge is 0.151 e. The maximum absolute atomic E-state index is 6.12. The lowest BCUT2D eigenvalue weighted by atomic mass is 9.83. The summed E-state index contributed by atoms with van der Waals surface area (Å²) in [4.78, 5) is 0. The number of nitrogen functional groups attached to an aromatic ring is 1. The molecule has 1 aromatic carbocycles. The van der Waals surface area contributed by atoms with Crippen LogP contribution in [0.3, 0.4) is 0 Å². The molecular weight excluding hydrogens is 280 g/mol. The molecule has 4 nitrogen and oxygen atoms in total. The maximum atomic E-state index is 6.12. The molecule has 1 heterocycles. The average molecular weight is 293 g/mol. The van der Waals surface area contributed by atoms with Crippen LogP contribution in [0.5, 0.6) is 0 Å². The Hall–Kier alpha value is -1.36. The Bertz CT molecular complexity index is 545. The predicted molar refractivity (Wildman–Crippen MR) is 70.1 cm³/mol. The van der Waals surface area contributed by atoms with Crippen LogP contribution in [-0.4, -0.2) is 15.0 Å². The second kappa shape index (κ2) is 4.14. The van der Waals surface area contributed by atoms with Gasteiger partial charge in [-0.1, -0.05) is 33.6 Å². The van der Waals surface area contributed by atoms with E-state index in [1.54, 1.807) is 4.68 Å². The third kappa shape index (κ3) is 1.84. The quantitative estimate of drug-likeness (QED) is 0.926. The zero-order chi connectivity index (χ0) is 11.8. The fourth-order valence-electron chi connectivity index (χ4n) is 2.07. The second-order valence-electron chi connectivity index (χ2n) is 4.38. The Morgan fingerprint density at radius 2 is 2.18 bits per heavy atom. The number of nitrogens with zero attached hydrogens (tertiary/aromatic N) is 3. The van der Waals surface area contributed by atoms with Gasteiger partial charge in [-0.15, -0.1) is 5.10 Å². The topological polar surface area (TPSA) is 56.7 Å². The molecule has 0 bridgehead atoms. The SMILES string of the molecule is Nc1c(C2CCC2)nnn1-c1cccc(Br)c1. The van der Waals surface area contributed by atoms with E-state index in [0.717, 1.165) is 15.9 Å². The molecule has 5 heteroatoms. The van der Waals surface area contributed by atoms with Gasteiger partial charge in [0.25, 0.3) is 0 Å². The van der Waals surface area contributed by atoms with Gasteiger partial charge < -0.3 is 5.73 Å². The molecule has 1 aliphatic carbocycles. The van der Waals surface area contributed by atoms with Crippen molar-refractivity contribution in [2.75, 3.05) is 5.73 Å². The molecular formula is C12H13BrN4. The van der Waals surface area contributed by atoms with Crippen molar-refractivity contribution in [2.45, 2.75) is 25.2 Å².